The zero-order valence-corrected chi connectivity index (χ0v) is 12.6. The van der Waals surface area contributed by atoms with Crippen LogP contribution in [0.5, 0.6) is 5.75 Å². The molecule has 0 atom stereocenters. The van der Waals surface area contributed by atoms with Crippen molar-refractivity contribution in [3.63, 3.8) is 0 Å². The molecule has 0 radical (unpaired) electrons. The second-order valence-electron chi connectivity index (χ2n) is 4.62. The van der Waals surface area contributed by atoms with E-state index in [0.717, 1.165) is 19.6 Å². The smallest absolute Gasteiger partial charge is 0.179 e. The fourth-order valence-electron chi connectivity index (χ4n) is 2.19. The van der Waals surface area contributed by atoms with Crippen molar-refractivity contribution < 1.29 is 14.3 Å². The minimum atomic E-state index is -0.546. The standard InChI is InChI=1S/C13H17BrFN3O2/c14-11-9(13(16)17-19)3-4-10(12(11)15)20-8-7-18-5-1-2-6-18/h3-4,19H,1-2,5-8H2,(H2,16,17). The molecule has 1 aliphatic rings. The van der Waals surface area contributed by atoms with Gasteiger partial charge in [0.15, 0.2) is 17.4 Å². The van der Waals surface area contributed by atoms with Crippen LogP contribution >= 0.6 is 15.9 Å². The maximum absolute atomic E-state index is 14.1. The summed E-state index contributed by atoms with van der Waals surface area (Å²) in [4.78, 5) is 2.29. The van der Waals surface area contributed by atoms with Crippen molar-refractivity contribution in [3.8, 4) is 5.75 Å². The van der Waals surface area contributed by atoms with E-state index in [0.29, 0.717) is 6.61 Å². The van der Waals surface area contributed by atoms with Gasteiger partial charge in [-0.25, -0.2) is 4.39 Å². The van der Waals surface area contributed by atoms with Gasteiger partial charge in [-0.1, -0.05) is 5.16 Å². The molecule has 0 bridgehead atoms. The summed E-state index contributed by atoms with van der Waals surface area (Å²) in [6.45, 7) is 3.39. The molecule has 20 heavy (non-hydrogen) atoms. The Morgan fingerprint density at radius 1 is 1.45 bits per heavy atom. The number of amidine groups is 1. The predicted octanol–water partition coefficient (Wildman–Crippen LogP) is 2.16. The highest BCUT2D eigenvalue weighted by atomic mass is 79.9. The highest BCUT2D eigenvalue weighted by molar-refractivity contribution is 9.10. The number of oxime groups is 1. The van der Waals surface area contributed by atoms with Crippen molar-refractivity contribution in [2.24, 2.45) is 10.9 Å². The minimum absolute atomic E-state index is 0.131. The third-order valence-corrected chi connectivity index (χ3v) is 4.07. The van der Waals surface area contributed by atoms with Crippen molar-refractivity contribution in [1.82, 2.24) is 4.90 Å². The Balaban J connectivity index is 2.00. The second kappa shape index (κ2) is 6.90. The van der Waals surface area contributed by atoms with Crippen molar-refractivity contribution in [3.05, 3.63) is 28.0 Å². The first-order valence-electron chi connectivity index (χ1n) is 6.44. The largest absolute Gasteiger partial charge is 0.489 e. The van der Waals surface area contributed by atoms with Gasteiger partial charge in [0, 0.05) is 12.1 Å². The van der Waals surface area contributed by atoms with Crippen molar-refractivity contribution in [1.29, 1.82) is 0 Å². The molecule has 1 aromatic carbocycles. The van der Waals surface area contributed by atoms with E-state index in [2.05, 4.69) is 26.0 Å². The van der Waals surface area contributed by atoms with Gasteiger partial charge in [0.25, 0.3) is 0 Å². The summed E-state index contributed by atoms with van der Waals surface area (Å²) in [7, 11) is 0. The monoisotopic (exact) mass is 345 g/mol. The highest BCUT2D eigenvalue weighted by Gasteiger charge is 2.16. The van der Waals surface area contributed by atoms with E-state index in [-0.39, 0.29) is 21.6 Å². The van der Waals surface area contributed by atoms with Crippen LogP contribution in [-0.4, -0.2) is 42.2 Å². The lowest BCUT2D eigenvalue weighted by molar-refractivity contribution is 0.231. The zero-order valence-electron chi connectivity index (χ0n) is 11.0. The Labute approximate surface area is 125 Å². The first-order valence-corrected chi connectivity index (χ1v) is 7.24. The molecule has 3 N–H and O–H groups in total. The van der Waals surface area contributed by atoms with E-state index in [1.54, 1.807) is 6.07 Å². The van der Waals surface area contributed by atoms with Gasteiger partial charge >= 0.3 is 0 Å². The number of halogens is 2. The third-order valence-electron chi connectivity index (χ3n) is 3.29. The van der Waals surface area contributed by atoms with Crippen molar-refractivity contribution in [2.75, 3.05) is 26.2 Å². The van der Waals surface area contributed by atoms with Crippen LogP contribution in [0.25, 0.3) is 0 Å². The molecule has 110 valence electrons. The molecule has 2 rings (SSSR count). The normalized spacial score (nSPS) is 16.6. The highest BCUT2D eigenvalue weighted by Crippen LogP contribution is 2.28. The van der Waals surface area contributed by atoms with Gasteiger partial charge in [0.05, 0.1) is 4.47 Å². The summed E-state index contributed by atoms with van der Waals surface area (Å²) in [6, 6.07) is 3.03. The summed E-state index contributed by atoms with van der Waals surface area (Å²) in [5, 5.41) is 11.5. The average Bonchev–Trinajstić information content (AvgIpc) is 2.96. The molecule has 5 nitrogen and oxygen atoms in total. The number of nitrogens with two attached hydrogens (primary N) is 1. The van der Waals surface area contributed by atoms with Gasteiger partial charge in [0.1, 0.15) is 6.61 Å². The van der Waals surface area contributed by atoms with Gasteiger partial charge in [-0.2, -0.15) is 0 Å². The van der Waals surface area contributed by atoms with Gasteiger partial charge in [-0.3, -0.25) is 4.90 Å². The van der Waals surface area contributed by atoms with E-state index in [1.165, 1.54) is 18.9 Å². The summed E-state index contributed by atoms with van der Waals surface area (Å²) in [5.41, 5.74) is 5.74. The zero-order chi connectivity index (χ0) is 14.5. The molecule has 0 spiro atoms. The molecule has 0 aliphatic carbocycles. The van der Waals surface area contributed by atoms with Gasteiger partial charge in [0.2, 0.25) is 0 Å². The minimum Gasteiger partial charge on any atom is -0.489 e. The van der Waals surface area contributed by atoms with Crippen LogP contribution in [-0.2, 0) is 0 Å². The molecular formula is C13H17BrFN3O2. The summed E-state index contributed by atoms with van der Waals surface area (Å²) in [6.07, 6.45) is 2.43. The van der Waals surface area contributed by atoms with Crippen LogP contribution in [0.3, 0.4) is 0 Å². The van der Waals surface area contributed by atoms with E-state index in [9.17, 15) is 4.39 Å². The number of hydrogen-bond acceptors (Lipinski definition) is 4. The number of likely N-dealkylation sites (tertiary alicyclic amines) is 1. The van der Waals surface area contributed by atoms with Gasteiger partial charge < -0.3 is 15.7 Å². The molecule has 0 amide bonds. The number of rotatable bonds is 5. The summed E-state index contributed by atoms with van der Waals surface area (Å²) < 4.78 is 19.7. The maximum atomic E-state index is 14.1. The van der Waals surface area contributed by atoms with Crippen LogP contribution in [0.2, 0.25) is 0 Å². The summed E-state index contributed by atoms with van der Waals surface area (Å²) >= 11 is 3.09. The lowest BCUT2D eigenvalue weighted by Gasteiger charge is -2.16. The van der Waals surface area contributed by atoms with Crippen LogP contribution in [0.15, 0.2) is 21.8 Å². The van der Waals surface area contributed by atoms with Gasteiger partial charge in [-0.15, -0.1) is 0 Å². The second-order valence-corrected chi connectivity index (χ2v) is 5.41. The van der Waals surface area contributed by atoms with E-state index < -0.39 is 5.82 Å². The molecule has 1 saturated heterocycles. The molecule has 1 aliphatic heterocycles. The van der Waals surface area contributed by atoms with E-state index in [4.69, 9.17) is 15.7 Å². The predicted molar refractivity (Wildman–Crippen MR) is 77.8 cm³/mol. The Kier molecular flexibility index (Phi) is 5.19. The van der Waals surface area contributed by atoms with E-state index in [1.807, 2.05) is 0 Å². The fourth-order valence-corrected chi connectivity index (χ4v) is 2.72. The quantitative estimate of drug-likeness (QED) is 0.371. The Morgan fingerprint density at radius 3 is 2.80 bits per heavy atom. The van der Waals surface area contributed by atoms with Crippen LogP contribution < -0.4 is 10.5 Å². The number of benzene rings is 1. The Morgan fingerprint density at radius 2 is 2.15 bits per heavy atom. The Hall–Kier alpha value is -1.34. The van der Waals surface area contributed by atoms with Crippen LogP contribution in [0.1, 0.15) is 18.4 Å². The first kappa shape index (κ1) is 15.1. The Bertz CT molecular complexity index is 505. The molecule has 0 aromatic heterocycles. The lowest BCUT2D eigenvalue weighted by atomic mass is 10.2. The van der Waals surface area contributed by atoms with Gasteiger partial charge in [-0.05, 0) is 54.0 Å². The van der Waals surface area contributed by atoms with Crippen molar-refractivity contribution in [2.45, 2.75) is 12.8 Å². The van der Waals surface area contributed by atoms with Crippen LogP contribution in [0.4, 0.5) is 4.39 Å². The average molecular weight is 346 g/mol. The fraction of sp³-hybridized carbons (Fsp3) is 0.462. The number of ether oxygens (including phenoxy) is 1. The topological polar surface area (TPSA) is 71.1 Å². The molecule has 1 heterocycles. The number of hydrogen-bond donors (Lipinski definition) is 2. The molecule has 7 heteroatoms. The summed E-state index contributed by atoms with van der Waals surface area (Å²) in [5.74, 6) is -0.541. The molecular weight excluding hydrogens is 329 g/mol. The molecule has 0 saturated carbocycles. The third kappa shape index (κ3) is 3.40. The molecule has 1 fully saturated rings. The molecule has 0 unspecified atom stereocenters. The van der Waals surface area contributed by atoms with Crippen molar-refractivity contribution >= 4 is 21.8 Å². The van der Waals surface area contributed by atoms with E-state index >= 15 is 0 Å². The molecule has 1 aromatic rings. The number of nitrogens with zero attached hydrogens (tertiary/aromatic N) is 2. The SMILES string of the molecule is N/C(=N/O)c1ccc(OCCN2CCCC2)c(F)c1Br. The first-order chi connectivity index (χ1) is 9.63. The van der Waals surface area contributed by atoms with Crippen LogP contribution in [0, 0.1) is 5.82 Å². The maximum Gasteiger partial charge on any atom is 0.179 e. The lowest BCUT2D eigenvalue weighted by Crippen LogP contribution is -2.25.